The number of pyridine rings is 2. The minimum atomic E-state index is 0.235. The van der Waals surface area contributed by atoms with E-state index in [2.05, 4.69) is 28.9 Å². The van der Waals surface area contributed by atoms with Crippen LogP contribution in [0.5, 0.6) is 11.5 Å². The van der Waals surface area contributed by atoms with Gasteiger partial charge in [-0.3, -0.25) is 19.4 Å². The molecule has 0 aromatic carbocycles. The molecule has 0 aliphatic heterocycles. The van der Waals surface area contributed by atoms with E-state index in [1.807, 2.05) is 22.9 Å². The maximum atomic E-state index is 11.3. The second kappa shape index (κ2) is 8.44. The van der Waals surface area contributed by atoms with Crippen LogP contribution in [0.15, 0.2) is 43.0 Å². The Labute approximate surface area is 158 Å². The molecule has 0 bridgehead atoms. The second-order valence-corrected chi connectivity index (χ2v) is 6.24. The van der Waals surface area contributed by atoms with Crippen molar-refractivity contribution in [2.45, 2.75) is 26.3 Å². The van der Waals surface area contributed by atoms with Gasteiger partial charge in [-0.15, -0.1) is 0 Å². The molecule has 27 heavy (non-hydrogen) atoms. The highest BCUT2D eigenvalue weighted by molar-refractivity contribution is 5.83. The van der Waals surface area contributed by atoms with Crippen LogP contribution in [0.2, 0.25) is 0 Å². The first-order valence-electron chi connectivity index (χ1n) is 8.73. The summed E-state index contributed by atoms with van der Waals surface area (Å²) in [6.45, 7) is 4.54. The van der Waals surface area contributed by atoms with E-state index in [4.69, 9.17) is 9.47 Å². The Hall–Kier alpha value is -3.22. The summed E-state index contributed by atoms with van der Waals surface area (Å²) in [6, 6.07) is 6.12. The molecule has 0 saturated carbocycles. The Bertz CT molecular complexity index is 921. The SMILES string of the molecule is COc1cncc(OCCc2cccnc2-c2ccnn2C(C)C)c1C=O. The Morgan fingerprint density at radius 1 is 1.19 bits per heavy atom. The van der Waals surface area contributed by atoms with Crippen molar-refractivity contribution >= 4 is 6.29 Å². The van der Waals surface area contributed by atoms with E-state index in [-0.39, 0.29) is 6.04 Å². The Kier molecular flexibility index (Phi) is 5.80. The molecule has 3 aromatic heterocycles. The average molecular weight is 366 g/mol. The van der Waals surface area contributed by atoms with Crippen molar-refractivity contribution in [2.75, 3.05) is 13.7 Å². The fourth-order valence-corrected chi connectivity index (χ4v) is 2.88. The summed E-state index contributed by atoms with van der Waals surface area (Å²) in [5.41, 5.74) is 3.25. The van der Waals surface area contributed by atoms with Crippen LogP contribution in [0.1, 0.15) is 35.8 Å². The normalized spacial score (nSPS) is 10.8. The molecule has 0 unspecified atom stereocenters. The number of hydrogen-bond acceptors (Lipinski definition) is 6. The topological polar surface area (TPSA) is 79.1 Å². The molecule has 0 N–H and O–H groups in total. The number of nitrogens with zero attached hydrogens (tertiary/aromatic N) is 4. The molecule has 0 spiro atoms. The van der Waals surface area contributed by atoms with E-state index in [9.17, 15) is 4.79 Å². The van der Waals surface area contributed by atoms with Gasteiger partial charge in [-0.05, 0) is 31.5 Å². The zero-order valence-electron chi connectivity index (χ0n) is 15.6. The summed E-state index contributed by atoms with van der Waals surface area (Å²) in [7, 11) is 1.49. The standard InChI is InChI=1S/C20H22N4O3/c1-14(2)24-17(6-9-23-24)20-15(5-4-8-22-20)7-10-27-19-12-21-11-18(26-3)16(19)13-25/h4-6,8-9,11-14H,7,10H2,1-3H3. The van der Waals surface area contributed by atoms with Crippen molar-refractivity contribution in [2.24, 2.45) is 0 Å². The highest BCUT2D eigenvalue weighted by atomic mass is 16.5. The maximum Gasteiger partial charge on any atom is 0.157 e. The van der Waals surface area contributed by atoms with E-state index < -0.39 is 0 Å². The lowest BCUT2D eigenvalue weighted by molar-refractivity contribution is 0.111. The highest BCUT2D eigenvalue weighted by Crippen LogP contribution is 2.26. The van der Waals surface area contributed by atoms with E-state index in [0.717, 1.165) is 17.0 Å². The largest absolute Gasteiger partial charge is 0.494 e. The van der Waals surface area contributed by atoms with Gasteiger partial charge >= 0.3 is 0 Å². The molecule has 0 amide bonds. The predicted molar refractivity (Wildman–Crippen MR) is 101 cm³/mol. The average Bonchev–Trinajstić information content (AvgIpc) is 3.18. The first-order valence-corrected chi connectivity index (χ1v) is 8.73. The smallest absolute Gasteiger partial charge is 0.157 e. The Morgan fingerprint density at radius 2 is 2.00 bits per heavy atom. The van der Waals surface area contributed by atoms with Crippen LogP contribution in [0.4, 0.5) is 0 Å². The number of methoxy groups -OCH3 is 1. The Morgan fingerprint density at radius 3 is 2.74 bits per heavy atom. The van der Waals surface area contributed by atoms with Crippen molar-refractivity contribution in [3.8, 4) is 22.9 Å². The van der Waals surface area contributed by atoms with Gasteiger partial charge < -0.3 is 9.47 Å². The lowest BCUT2D eigenvalue weighted by Gasteiger charge is -2.14. The number of ether oxygens (including phenoxy) is 2. The summed E-state index contributed by atoms with van der Waals surface area (Å²) in [5.74, 6) is 0.799. The fraction of sp³-hybridized carbons (Fsp3) is 0.300. The highest BCUT2D eigenvalue weighted by Gasteiger charge is 2.14. The fourth-order valence-electron chi connectivity index (χ4n) is 2.88. The van der Waals surface area contributed by atoms with Crippen molar-refractivity contribution in [1.82, 2.24) is 19.7 Å². The minimum Gasteiger partial charge on any atom is -0.494 e. The lowest BCUT2D eigenvalue weighted by atomic mass is 10.1. The number of hydrogen-bond donors (Lipinski definition) is 0. The van der Waals surface area contributed by atoms with Gasteiger partial charge in [0.2, 0.25) is 0 Å². The maximum absolute atomic E-state index is 11.3. The first-order chi connectivity index (χ1) is 13.2. The van der Waals surface area contributed by atoms with Crippen LogP contribution >= 0.6 is 0 Å². The van der Waals surface area contributed by atoms with Gasteiger partial charge in [0.25, 0.3) is 0 Å². The van der Waals surface area contributed by atoms with Crippen LogP contribution in [0.25, 0.3) is 11.4 Å². The molecule has 7 heteroatoms. The van der Waals surface area contributed by atoms with Gasteiger partial charge in [0.05, 0.1) is 37.5 Å². The third kappa shape index (κ3) is 3.97. The van der Waals surface area contributed by atoms with Crippen LogP contribution in [0.3, 0.4) is 0 Å². The van der Waals surface area contributed by atoms with Gasteiger partial charge in [-0.25, -0.2) is 0 Å². The van der Waals surface area contributed by atoms with Crippen LogP contribution < -0.4 is 9.47 Å². The zero-order chi connectivity index (χ0) is 19.2. The van der Waals surface area contributed by atoms with Crippen molar-refractivity contribution < 1.29 is 14.3 Å². The molecule has 7 nitrogen and oxygen atoms in total. The molecular formula is C20H22N4O3. The first kappa shape index (κ1) is 18.6. The van der Waals surface area contributed by atoms with Gasteiger partial charge in [0.15, 0.2) is 17.8 Å². The number of aromatic nitrogens is 4. The third-order valence-corrected chi connectivity index (χ3v) is 4.17. The quantitative estimate of drug-likeness (QED) is 0.569. The lowest BCUT2D eigenvalue weighted by Crippen LogP contribution is -2.09. The molecule has 0 aliphatic rings. The summed E-state index contributed by atoms with van der Waals surface area (Å²) >= 11 is 0. The van der Waals surface area contributed by atoms with Gasteiger partial charge in [-0.1, -0.05) is 6.07 Å². The molecule has 3 rings (SSSR count). The van der Waals surface area contributed by atoms with Crippen molar-refractivity contribution in [3.63, 3.8) is 0 Å². The molecular weight excluding hydrogens is 344 g/mol. The number of carbonyl (C=O) groups is 1. The van der Waals surface area contributed by atoms with E-state index in [1.54, 1.807) is 12.4 Å². The third-order valence-electron chi connectivity index (χ3n) is 4.17. The van der Waals surface area contributed by atoms with Crippen molar-refractivity contribution in [3.05, 3.63) is 54.1 Å². The molecule has 0 aliphatic carbocycles. The monoisotopic (exact) mass is 366 g/mol. The number of carbonyl (C=O) groups excluding carboxylic acids is 1. The molecule has 0 fully saturated rings. The van der Waals surface area contributed by atoms with Crippen molar-refractivity contribution in [1.29, 1.82) is 0 Å². The molecule has 0 radical (unpaired) electrons. The van der Waals surface area contributed by atoms with Gasteiger partial charge in [-0.2, -0.15) is 5.10 Å². The summed E-state index contributed by atoms with van der Waals surface area (Å²) in [4.78, 5) is 19.9. The molecule has 0 saturated heterocycles. The molecule has 140 valence electrons. The molecule has 0 atom stereocenters. The van der Waals surface area contributed by atoms with Gasteiger partial charge in [0, 0.05) is 24.9 Å². The van der Waals surface area contributed by atoms with Crippen LogP contribution in [-0.2, 0) is 6.42 Å². The minimum absolute atomic E-state index is 0.235. The van der Waals surface area contributed by atoms with Crippen LogP contribution in [0, 0.1) is 0 Å². The summed E-state index contributed by atoms with van der Waals surface area (Å²) < 4.78 is 12.9. The second-order valence-electron chi connectivity index (χ2n) is 6.24. The Balaban J connectivity index is 1.79. The zero-order valence-corrected chi connectivity index (χ0v) is 15.6. The predicted octanol–water partition coefficient (Wildman–Crippen LogP) is 3.36. The van der Waals surface area contributed by atoms with E-state index in [1.165, 1.54) is 19.5 Å². The van der Waals surface area contributed by atoms with E-state index in [0.29, 0.717) is 36.4 Å². The molecule has 3 aromatic rings. The number of rotatable bonds is 8. The van der Waals surface area contributed by atoms with Gasteiger partial charge in [0.1, 0.15) is 5.56 Å². The summed E-state index contributed by atoms with van der Waals surface area (Å²) in [6.07, 6.45) is 7.90. The molecule has 3 heterocycles. The van der Waals surface area contributed by atoms with Crippen LogP contribution in [-0.4, -0.2) is 39.8 Å². The summed E-state index contributed by atoms with van der Waals surface area (Å²) in [5, 5.41) is 4.39. The van der Waals surface area contributed by atoms with E-state index >= 15 is 0 Å². The number of aldehydes is 1.